The fourth-order valence-corrected chi connectivity index (χ4v) is 4.05. The summed E-state index contributed by atoms with van der Waals surface area (Å²) >= 11 is 0. The van der Waals surface area contributed by atoms with E-state index in [1.54, 1.807) is 6.92 Å². The van der Waals surface area contributed by atoms with Crippen LogP contribution in [0.3, 0.4) is 0 Å². The maximum atomic E-state index is 13.8. The summed E-state index contributed by atoms with van der Waals surface area (Å²) in [5.74, 6) is -1.47. The van der Waals surface area contributed by atoms with Gasteiger partial charge < -0.3 is 14.3 Å². The van der Waals surface area contributed by atoms with Crippen LogP contribution in [0.25, 0.3) is 11.0 Å². The minimum atomic E-state index is -2.89. The smallest absolute Gasteiger partial charge is 0.299 e. The van der Waals surface area contributed by atoms with E-state index in [0.29, 0.717) is 34.4 Å². The minimum Gasteiger partial charge on any atom is -0.458 e. The van der Waals surface area contributed by atoms with E-state index in [9.17, 15) is 18.0 Å². The molecule has 4 aromatic rings. The molecule has 3 aromatic heterocycles. The molecule has 0 fully saturated rings. The molecule has 8 nitrogen and oxygen atoms in total. The van der Waals surface area contributed by atoms with Gasteiger partial charge in [-0.05, 0) is 25.1 Å². The van der Waals surface area contributed by atoms with Crippen molar-refractivity contribution in [2.45, 2.75) is 25.8 Å². The van der Waals surface area contributed by atoms with E-state index in [-0.39, 0.29) is 12.4 Å². The van der Waals surface area contributed by atoms with Crippen LogP contribution >= 0.6 is 0 Å². The molecule has 0 radical (unpaired) electrons. The van der Waals surface area contributed by atoms with Gasteiger partial charge in [-0.2, -0.15) is 0 Å². The molecule has 0 bridgehead atoms. The van der Waals surface area contributed by atoms with Gasteiger partial charge in [-0.25, -0.2) is 27.8 Å². The molecule has 0 aliphatic carbocycles. The molecular formula is C20H17F3N6O2. The van der Waals surface area contributed by atoms with E-state index in [4.69, 9.17) is 4.42 Å². The number of furan rings is 1. The molecule has 1 N–H and O–H groups in total. The van der Waals surface area contributed by atoms with Crippen LogP contribution < -0.4 is 0 Å². The van der Waals surface area contributed by atoms with Crippen LogP contribution in [0.15, 0.2) is 28.9 Å². The van der Waals surface area contributed by atoms with Crippen molar-refractivity contribution in [3.8, 4) is 0 Å². The molecule has 0 unspecified atom stereocenters. The molecule has 0 spiro atoms. The molecular weight excluding hydrogens is 413 g/mol. The van der Waals surface area contributed by atoms with Crippen molar-refractivity contribution in [2.24, 2.45) is 7.05 Å². The number of fused-ring (bicyclic) bond motifs is 2. The highest BCUT2D eigenvalue weighted by Gasteiger charge is 2.39. The second-order valence-corrected chi connectivity index (χ2v) is 7.37. The zero-order valence-electron chi connectivity index (χ0n) is 16.6. The Bertz CT molecular complexity index is 1310. The Morgan fingerprint density at radius 1 is 1.35 bits per heavy atom. The Morgan fingerprint density at radius 2 is 2.16 bits per heavy atom. The number of carbonyl (C=O) groups is 1. The van der Waals surface area contributed by atoms with Crippen molar-refractivity contribution in [1.29, 1.82) is 0 Å². The number of carbonyl (C=O) groups excluding carboxylic acids is 1. The Kier molecular flexibility index (Phi) is 4.34. The summed E-state index contributed by atoms with van der Waals surface area (Å²) in [6.45, 7) is 2.06. The maximum absolute atomic E-state index is 13.8. The van der Waals surface area contributed by atoms with Gasteiger partial charge >= 0.3 is 0 Å². The average molecular weight is 430 g/mol. The van der Waals surface area contributed by atoms with E-state index >= 15 is 0 Å². The Balaban J connectivity index is 1.64. The molecule has 4 heterocycles. The lowest BCUT2D eigenvalue weighted by atomic mass is 9.97. The van der Waals surface area contributed by atoms with Crippen LogP contribution in [-0.2, 0) is 13.5 Å². The molecule has 1 aliphatic heterocycles. The van der Waals surface area contributed by atoms with E-state index < -0.39 is 30.0 Å². The quantitative estimate of drug-likeness (QED) is 0.537. The van der Waals surface area contributed by atoms with Crippen molar-refractivity contribution in [3.63, 3.8) is 0 Å². The second kappa shape index (κ2) is 6.96. The molecule has 1 aromatic carbocycles. The van der Waals surface area contributed by atoms with Gasteiger partial charge in [-0.1, -0.05) is 0 Å². The van der Waals surface area contributed by atoms with E-state index in [0.717, 1.165) is 10.4 Å². The van der Waals surface area contributed by atoms with Crippen molar-refractivity contribution < 1.29 is 22.4 Å². The summed E-state index contributed by atoms with van der Waals surface area (Å²) < 4.78 is 47.0. The molecule has 160 valence electrons. The van der Waals surface area contributed by atoms with Crippen LogP contribution in [0.1, 0.15) is 51.6 Å². The van der Waals surface area contributed by atoms with Crippen LogP contribution in [0.5, 0.6) is 0 Å². The number of rotatable bonds is 3. The number of amides is 1. The number of nitrogens with zero attached hydrogens (tertiary/aromatic N) is 5. The first kappa shape index (κ1) is 19.3. The summed E-state index contributed by atoms with van der Waals surface area (Å²) in [5, 5.41) is 4.23. The highest BCUT2D eigenvalue weighted by Crippen LogP contribution is 2.39. The molecule has 1 atom stereocenters. The summed E-state index contributed by atoms with van der Waals surface area (Å²) in [7, 11) is 1.39. The summed E-state index contributed by atoms with van der Waals surface area (Å²) in [5.41, 5.74) is 2.56. The SMILES string of the molecule is Cc1c([C@H]2c3nc[nH]c3CCN2C(=O)c2nc(C(F)F)nn2C)oc2ccc(F)cc12. The fraction of sp³-hybridized carbons (Fsp3) is 0.300. The number of nitrogens with one attached hydrogen (secondary N) is 1. The number of hydrogen-bond donors (Lipinski definition) is 1. The highest BCUT2D eigenvalue weighted by molar-refractivity contribution is 5.92. The lowest BCUT2D eigenvalue weighted by molar-refractivity contribution is 0.0654. The lowest BCUT2D eigenvalue weighted by Crippen LogP contribution is -2.42. The van der Waals surface area contributed by atoms with Gasteiger partial charge in [0.05, 0.1) is 12.0 Å². The molecule has 0 saturated heterocycles. The summed E-state index contributed by atoms with van der Waals surface area (Å²) in [4.78, 5) is 26.0. The van der Waals surface area contributed by atoms with E-state index in [1.165, 1.54) is 36.5 Å². The van der Waals surface area contributed by atoms with Crippen molar-refractivity contribution >= 4 is 16.9 Å². The van der Waals surface area contributed by atoms with Gasteiger partial charge in [-0.15, -0.1) is 5.10 Å². The summed E-state index contributed by atoms with van der Waals surface area (Å²) in [6, 6.07) is 3.46. The van der Waals surface area contributed by atoms with Gasteiger partial charge in [0.2, 0.25) is 11.6 Å². The molecule has 5 rings (SSSR count). The number of hydrogen-bond acceptors (Lipinski definition) is 5. The largest absolute Gasteiger partial charge is 0.458 e. The third-order valence-corrected chi connectivity index (χ3v) is 5.54. The van der Waals surface area contributed by atoms with Crippen LogP contribution in [0.4, 0.5) is 13.2 Å². The first-order chi connectivity index (χ1) is 14.8. The Labute approximate surface area is 173 Å². The van der Waals surface area contributed by atoms with Gasteiger partial charge in [0.1, 0.15) is 23.2 Å². The number of aryl methyl sites for hydroxylation is 2. The third-order valence-electron chi connectivity index (χ3n) is 5.54. The van der Waals surface area contributed by atoms with Gasteiger partial charge in [0.25, 0.3) is 12.3 Å². The molecule has 1 amide bonds. The molecule has 0 saturated carbocycles. The topological polar surface area (TPSA) is 92.8 Å². The fourth-order valence-electron chi connectivity index (χ4n) is 4.05. The number of halogens is 3. The Hall–Kier alpha value is -3.63. The van der Waals surface area contributed by atoms with Gasteiger partial charge in [-0.3, -0.25) is 4.79 Å². The van der Waals surface area contributed by atoms with Gasteiger partial charge in [0.15, 0.2) is 0 Å². The van der Waals surface area contributed by atoms with Crippen LogP contribution in [0.2, 0.25) is 0 Å². The number of aromatic nitrogens is 5. The van der Waals surface area contributed by atoms with Crippen LogP contribution in [-0.4, -0.2) is 42.1 Å². The van der Waals surface area contributed by atoms with Crippen LogP contribution in [0, 0.1) is 12.7 Å². The predicted octanol–water partition coefficient (Wildman–Crippen LogP) is 3.46. The molecule has 31 heavy (non-hydrogen) atoms. The number of imidazole rings is 1. The molecule has 11 heteroatoms. The first-order valence-electron chi connectivity index (χ1n) is 9.56. The van der Waals surface area contributed by atoms with E-state index in [1.807, 2.05) is 0 Å². The van der Waals surface area contributed by atoms with Crippen molar-refractivity contribution in [1.82, 2.24) is 29.6 Å². The zero-order chi connectivity index (χ0) is 21.9. The molecule has 1 aliphatic rings. The van der Waals surface area contributed by atoms with Gasteiger partial charge in [0, 0.05) is 36.7 Å². The normalized spacial score (nSPS) is 16.3. The number of alkyl halides is 2. The first-order valence-corrected chi connectivity index (χ1v) is 9.56. The monoisotopic (exact) mass is 430 g/mol. The summed E-state index contributed by atoms with van der Waals surface area (Å²) in [6.07, 6.45) is -0.874. The third kappa shape index (κ3) is 2.99. The number of aromatic amines is 1. The number of benzene rings is 1. The maximum Gasteiger partial charge on any atom is 0.299 e. The minimum absolute atomic E-state index is 0.209. The standard InChI is InChI=1S/C20H17F3N6O2/c1-9-11-7-10(21)3-4-13(11)31-16(9)15-14-12(24-8-25-14)5-6-29(15)20(30)19-26-18(17(22)23)27-28(19)2/h3-4,7-8,15,17H,5-6H2,1-2H3,(H,24,25)/t15-/m1/s1. The predicted molar refractivity (Wildman–Crippen MR) is 102 cm³/mol. The van der Waals surface area contributed by atoms with Crippen molar-refractivity contribution in [2.75, 3.05) is 6.54 Å². The lowest BCUT2D eigenvalue weighted by Gasteiger charge is -2.33. The number of H-pyrrole nitrogens is 1. The second-order valence-electron chi connectivity index (χ2n) is 7.37. The van der Waals surface area contributed by atoms with E-state index in [2.05, 4.69) is 20.1 Å². The zero-order valence-corrected chi connectivity index (χ0v) is 16.6. The Morgan fingerprint density at radius 3 is 2.90 bits per heavy atom. The highest BCUT2D eigenvalue weighted by atomic mass is 19.3. The van der Waals surface area contributed by atoms with Crippen molar-refractivity contribution in [3.05, 3.63) is 64.7 Å². The average Bonchev–Trinajstić information content (AvgIpc) is 3.44.